The van der Waals surface area contributed by atoms with Gasteiger partial charge in [-0.25, -0.2) is 14.6 Å². The molecular weight excluding hydrogens is 425 g/mol. The molecule has 1 aromatic carbocycles. The third-order valence-corrected chi connectivity index (χ3v) is 6.66. The minimum Gasteiger partial charge on any atom is -0.494 e. The van der Waals surface area contributed by atoms with Crippen LogP contribution in [-0.2, 0) is 30.4 Å². The number of urea groups is 1. The molecule has 2 aliphatic rings. The lowest BCUT2D eigenvalue weighted by atomic mass is 9.98. The smallest absolute Gasteiger partial charge is 0.339 e. The van der Waals surface area contributed by atoms with Crippen molar-refractivity contribution in [1.82, 2.24) is 10.6 Å². The Kier molecular flexibility index (Phi) is 8.31. The van der Waals surface area contributed by atoms with E-state index in [1.807, 2.05) is 0 Å². The van der Waals surface area contributed by atoms with Crippen LogP contribution in [-0.4, -0.2) is 35.3 Å². The number of ether oxygens (including phenoxy) is 1. The van der Waals surface area contributed by atoms with Crippen molar-refractivity contribution in [2.45, 2.75) is 78.2 Å². The summed E-state index contributed by atoms with van der Waals surface area (Å²) < 4.78 is 20.5. The van der Waals surface area contributed by atoms with Gasteiger partial charge in [-0.15, -0.1) is 0 Å². The number of hydrazine groups is 1. The second-order valence-electron chi connectivity index (χ2n) is 9.09. The van der Waals surface area contributed by atoms with Crippen molar-refractivity contribution in [3.8, 4) is 0 Å². The Morgan fingerprint density at radius 1 is 1.24 bits per heavy atom. The van der Waals surface area contributed by atoms with Gasteiger partial charge >= 0.3 is 6.03 Å². The number of carbonyl (C=O) groups is 1. The Bertz CT molecular complexity index is 898. The molecule has 2 atom stereocenters. The number of allylic oxidation sites excluding steroid dienone is 2. The first-order valence-electron chi connectivity index (χ1n) is 11.8. The third-order valence-electron chi connectivity index (χ3n) is 6.66. The van der Waals surface area contributed by atoms with Crippen molar-refractivity contribution >= 4 is 17.9 Å². The topological polar surface area (TPSA) is 124 Å². The molecule has 3 rings (SSSR count). The maximum absolute atomic E-state index is 14.8. The molecule has 0 radical (unpaired) electrons. The number of halogens is 1. The van der Waals surface area contributed by atoms with E-state index in [4.69, 9.17) is 15.9 Å². The first-order valence-corrected chi connectivity index (χ1v) is 11.8. The summed E-state index contributed by atoms with van der Waals surface area (Å²) in [6.07, 6.45) is 7.21. The number of fused-ring (bicyclic) bond motifs is 2. The van der Waals surface area contributed by atoms with Gasteiger partial charge < -0.3 is 21.2 Å². The highest BCUT2D eigenvalue weighted by molar-refractivity contribution is 5.92. The fourth-order valence-corrected chi connectivity index (χ4v) is 4.71. The van der Waals surface area contributed by atoms with E-state index in [1.54, 1.807) is 6.92 Å². The summed E-state index contributed by atoms with van der Waals surface area (Å²) in [4.78, 5) is 12.7. The number of hydrogen-bond acceptors (Lipinski definition) is 6. The first-order chi connectivity index (χ1) is 15.8. The van der Waals surface area contributed by atoms with E-state index in [9.17, 15) is 14.4 Å². The highest BCUT2D eigenvalue weighted by Crippen LogP contribution is 2.40. The summed E-state index contributed by atoms with van der Waals surface area (Å²) >= 11 is 0. The van der Waals surface area contributed by atoms with Crippen LogP contribution in [0.4, 0.5) is 14.9 Å². The molecule has 182 valence electrons. The van der Waals surface area contributed by atoms with E-state index >= 15 is 0 Å². The largest absolute Gasteiger partial charge is 0.494 e. The molecule has 0 aromatic heterocycles. The van der Waals surface area contributed by atoms with Gasteiger partial charge in [-0.05, 0) is 80.0 Å². The highest BCUT2D eigenvalue weighted by Gasteiger charge is 2.30. The van der Waals surface area contributed by atoms with E-state index in [1.165, 1.54) is 0 Å². The summed E-state index contributed by atoms with van der Waals surface area (Å²) in [7, 11) is 0. The molecule has 0 saturated carbocycles. The predicted molar refractivity (Wildman–Crippen MR) is 126 cm³/mol. The number of anilines is 1. The summed E-state index contributed by atoms with van der Waals surface area (Å²) in [5.74, 6) is 0.623. The Morgan fingerprint density at radius 2 is 1.82 bits per heavy atom. The molecule has 2 amide bonds. The van der Waals surface area contributed by atoms with Gasteiger partial charge in [0.1, 0.15) is 23.9 Å². The predicted octanol–water partition coefficient (Wildman–Crippen LogP) is 4.19. The lowest BCUT2D eigenvalue weighted by Crippen LogP contribution is -2.43. The Morgan fingerprint density at radius 3 is 2.36 bits per heavy atom. The van der Waals surface area contributed by atoms with Gasteiger partial charge in [-0.1, -0.05) is 20.3 Å². The molecule has 0 aliphatic heterocycles. The number of rotatable bonds is 10. The Balaban J connectivity index is 1.67. The van der Waals surface area contributed by atoms with E-state index < -0.39 is 6.03 Å². The molecule has 0 spiro atoms. The molecule has 0 bridgehead atoms. The van der Waals surface area contributed by atoms with Gasteiger partial charge in [-0.2, -0.15) is 5.17 Å². The minimum absolute atomic E-state index is 0.0181. The normalized spacial score (nSPS) is 16.9. The Hall–Kier alpha value is -2.65. The number of hydroxylamine groups is 1. The van der Waals surface area contributed by atoms with E-state index in [0.29, 0.717) is 53.6 Å². The maximum atomic E-state index is 14.8. The number of carbonyl (C=O) groups excluding carboxylic acids is 1. The third kappa shape index (κ3) is 5.65. The first kappa shape index (κ1) is 25.0. The number of hydrogen-bond donors (Lipinski definition) is 5. The summed E-state index contributed by atoms with van der Waals surface area (Å²) in [5, 5.41) is 21.3. The second-order valence-corrected chi connectivity index (χ2v) is 9.09. The minimum atomic E-state index is -0.673. The summed E-state index contributed by atoms with van der Waals surface area (Å²) in [6, 6.07) is -0.846. The summed E-state index contributed by atoms with van der Waals surface area (Å²) in [6.45, 7) is 6.06. The van der Waals surface area contributed by atoms with Crippen LogP contribution in [0.2, 0.25) is 0 Å². The van der Waals surface area contributed by atoms with Crippen molar-refractivity contribution in [1.29, 1.82) is 5.41 Å². The van der Waals surface area contributed by atoms with Crippen molar-refractivity contribution in [3.05, 3.63) is 39.5 Å². The van der Waals surface area contributed by atoms with E-state index in [2.05, 4.69) is 24.6 Å². The van der Waals surface area contributed by atoms with Crippen LogP contribution in [0.1, 0.15) is 68.7 Å². The molecule has 6 N–H and O–H groups in total. The number of amides is 2. The lowest BCUT2D eigenvalue weighted by Gasteiger charge is -2.23. The highest BCUT2D eigenvalue weighted by atomic mass is 19.1. The lowest BCUT2D eigenvalue weighted by molar-refractivity contribution is -0.0841. The molecule has 1 aromatic rings. The maximum Gasteiger partial charge on any atom is 0.339 e. The van der Waals surface area contributed by atoms with Gasteiger partial charge in [0.05, 0.1) is 0 Å². The average molecular weight is 462 g/mol. The number of benzene rings is 1. The molecule has 0 heterocycles. The van der Waals surface area contributed by atoms with Crippen LogP contribution in [0.3, 0.4) is 0 Å². The van der Waals surface area contributed by atoms with Crippen molar-refractivity contribution in [2.24, 2.45) is 11.7 Å². The second kappa shape index (κ2) is 11.0. The molecule has 9 heteroatoms. The average Bonchev–Trinajstić information content (AvgIpc) is 3.46. The molecule has 8 nitrogen and oxygen atoms in total. The quantitative estimate of drug-likeness (QED) is 0.203. The molecule has 2 aliphatic carbocycles. The van der Waals surface area contributed by atoms with Gasteiger partial charge in [0, 0.05) is 17.9 Å². The van der Waals surface area contributed by atoms with E-state index in [0.717, 1.165) is 43.0 Å². The molecular formula is C24H36FN5O3. The monoisotopic (exact) mass is 461 g/mol. The van der Waals surface area contributed by atoms with E-state index in [-0.39, 0.29) is 29.9 Å². The van der Waals surface area contributed by atoms with Crippen LogP contribution >= 0.6 is 0 Å². The Labute approximate surface area is 194 Å². The zero-order valence-corrected chi connectivity index (χ0v) is 19.8. The number of nitrogens with zero attached hydrogens (tertiary/aromatic N) is 1. The zero-order valence-electron chi connectivity index (χ0n) is 19.8. The van der Waals surface area contributed by atoms with Gasteiger partial charge in [0.25, 0.3) is 0 Å². The van der Waals surface area contributed by atoms with Crippen LogP contribution in [0.15, 0.2) is 11.5 Å². The number of nitrogens with one attached hydrogen (secondary N) is 3. The van der Waals surface area contributed by atoms with Crippen molar-refractivity contribution in [3.63, 3.8) is 0 Å². The summed E-state index contributed by atoms with van der Waals surface area (Å²) in [5.41, 5.74) is 12.1. The van der Waals surface area contributed by atoms with Crippen molar-refractivity contribution in [2.75, 3.05) is 11.9 Å². The van der Waals surface area contributed by atoms with Crippen molar-refractivity contribution < 1.29 is 19.1 Å². The van der Waals surface area contributed by atoms with Crippen LogP contribution in [0.5, 0.6) is 0 Å². The van der Waals surface area contributed by atoms with Crippen LogP contribution in [0.25, 0.3) is 0 Å². The number of nitrogens with two attached hydrogens (primary N) is 1. The van der Waals surface area contributed by atoms with Crippen LogP contribution in [0, 0.1) is 17.1 Å². The fourth-order valence-electron chi connectivity index (χ4n) is 4.71. The molecule has 33 heavy (non-hydrogen) atoms. The zero-order chi connectivity index (χ0) is 24.1. The van der Waals surface area contributed by atoms with Crippen LogP contribution < -0.4 is 16.5 Å². The SMILES string of the molecule is CCC(C)CC(N)CO/C(C)=C(/C=N)N(O)NC(=O)Nc1c2c(c(F)c3c1CCC3)CCC2. The molecule has 2 unspecified atom stereocenters. The van der Waals surface area contributed by atoms with Gasteiger partial charge in [-0.3, -0.25) is 5.21 Å². The molecule has 0 saturated heterocycles. The molecule has 0 fully saturated rings. The fraction of sp³-hybridized carbons (Fsp3) is 0.583. The van der Waals surface area contributed by atoms with Gasteiger partial charge in [0.15, 0.2) is 0 Å². The van der Waals surface area contributed by atoms with Gasteiger partial charge in [0.2, 0.25) is 0 Å². The standard InChI is InChI=1S/C24H36FN5O3/c1-4-14(2)11-16(27)13-33-15(3)21(12-26)30(32)29-24(31)28-23-19-9-5-7-17(19)22(25)18-8-6-10-20(18)23/h12,14,16,26,32H,4-11,13,27H2,1-3H3,(H2,28,29,31)/b21-15-,26-12?.